The van der Waals surface area contributed by atoms with E-state index in [9.17, 15) is 13.2 Å². The van der Waals surface area contributed by atoms with E-state index in [2.05, 4.69) is 12.1 Å². The molecule has 0 saturated heterocycles. The Hall–Kier alpha value is -5.15. The largest absolute Gasteiger partial charge is 0.466 e. The van der Waals surface area contributed by atoms with E-state index < -0.39 is 10.0 Å². The maximum Gasteiger partial charge on any atom is 0.306 e. The van der Waals surface area contributed by atoms with Crippen LogP contribution in [0.4, 0.5) is 0 Å². The molecule has 6 rings (SSSR count). The lowest BCUT2D eigenvalue weighted by molar-refractivity contribution is -0.143. The molecule has 0 unspecified atom stereocenters. The Morgan fingerprint density at radius 2 is 1.63 bits per heavy atom. The van der Waals surface area contributed by atoms with Crippen LogP contribution in [0.25, 0.3) is 22.2 Å². The Morgan fingerprint density at radius 1 is 0.848 bits per heavy atom. The number of carbonyl (C=O) groups is 1. The van der Waals surface area contributed by atoms with E-state index in [4.69, 9.17) is 14.6 Å². The summed E-state index contributed by atoms with van der Waals surface area (Å²) in [6.07, 6.45) is 4.53. The Balaban J connectivity index is 1.17. The summed E-state index contributed by atoms with van der Waals surface area (Å²) in [5, 5.41) is 5.59. The van der Waals surface area contributed by atoms with Gasteiger partial charge in [-0.1, -0.05) is 54.1 Å². The number of aryl methyl sites for hydroxylation is 3. The molecule has 0 N–H and O–H groups in total. The van der Waals surface area contributed by atoms with Gasteiger partial charge in [0.25, 0.3) is 10.0 Å². The van der Waals surface area contributed by atoms with Crippen molar-refractivity contribution in [3.05, 3.63) is 132 Å². The third-order valence-electron chi connectivity index (χ3n) is 7.89. The third-order valence-corrected chi connectivity index (χ3v) is 9.60. The fourth-order valence-electron chi connectivity index (χ4n) is 5.46. The van der Waals surface area contributed by atoms with Gasteiger partial charge in [-0.3, -0.25) is 9.48 Å². The van der Waals surface area contributed by atoms with Crippen molar-refractivity contribution < 1.29 is 22.7 Å². The number of ether oxygens (including phenoxy) is 2. The second-order valence-electron chi connectivity index (χ2n) is 11.2. The fraction of sp³-hybridized carbons (Fsp3) is 0.189. The molecule has 234 valence electrons. The van der Waals surface area contributed by atoms with Crippen LogP contribution in [0.5, 0.6) is 11.5 Å². The van der Waals surface area contributed by atoms with Gasteiger partial charge in [-0.25, -0.2) is 12.4 Å². The fourth-order valence-corrected chi connectivity index (χ4v) is 6.81. The highest BCUT2D eigenvalue weighted by Gasteiger charge is 2.20. The quantitative estimate of drug-likeness (QED) is 0.136. The second-order valence-corrected chi connectivity index (χ2v) is 13.0. The molecule has 6 aromatic rings. The maximum absolute atomic E-state index is 13.4. The number of rotatable bonds is 11. The summed E-state index contributed by atoms with van der Waals surface area (Å²) < 4.78 is 41.3. The zero-order valence-electron chi connectivity index (χ0n) is 26.0. The summed E-state index contributed by atoms with van der Waals surface area (Å²) in [7, 11) is -3.74. The molecule has 0 amide bonds. The third kappa shape index (κ3) is 6.60. The van der Waals surface area contributed by atoms with Gasteiger partial charge in [0, 0.05) is 35.3 Å². The van der Waals surface area contributed by atoms with Crippen molar-refractivity contribution in [2.24, 2.45) is 0 Å². The first-order chi connectivity index (χ1) is 22.2. The molecule has 0 fully saturated rings. The topological polar surface area (TPSA) is 92.4 Å². The van der Waals surface area contributed by atoms with Crippen LogP contribution in [0, 0.1) is 13.8 Å². The van der Waals surface area contributed by atoms with Gasteiger partial charge in [0.15, 0.2) is 0 Å². The number of esters is 1. The summed E-state index contributed by atoms with van der Waals surface area (Å²) >= 11 is 0. The second kappa shape index (κ2) is 13.1. The molecule has 0 saturated carbocycles. The highest BCUT2D eigenvalue weighted by atomic mass is 32.2. The molecule has 0 spiro atoms. The van der Waals surface area contributed by atoms with E-state index in [-0.39, 0.29) is 10.9 Å². The minimum Gasteiger partial charge on any atom is -0.466 e. The lowest BCUT2D eigenvalue weighted by Crippen LogP contribution is -2.11. The smallest absolute Gasteiger partial charge is 0.306 e. The molecule has 8 nitrogen and oxygen atoms in total. The monoisotopic (exact) mass is 633 g/mol. The number of nitrogens with zero attached hydrogens (tertiary/aromatic N) is 3. The number of hydrogen-bond donors (Lipinski definition) is 0. The Morgan fingerprint density at radius 3 is 2.43 bits per heavy atom. The number of hydrogen-bond acceptors (Lipinski definition) is 6. The first-order valence-electron chi connectivity index (χ1n) is 15.2. The SMILES string of the molecule is CCOC(=O)CCc1cccc(Cn2ccc(-c3cccc(Oc4ccc5c(ccn5S(=O)(=O)c5ccc(C)cc5)c4C)c3)n2)c1. The molecule has 9 heteroatoms. The van der Waals surface area contributed by atoms with E-state index in [1.807, 2.05) is 80.2 Å². The number of carbonyl (C=O) groups excluding carboxylic acids is 1. The van der Waals surface area contributed by atoms with E-state index >= 15 is 0 Å². The highest BCUT2D eigenvalue weighted by Crippen LogP contribution is 2.34. The predicted molar refractivity (Wildman–Crippen MR) is 179 cm³/mol. The molecule has 0 radical (unpaired) electrons. The summed E-state index contributed by atoms with van der Waals surface area (Å²) in [4.78, 5) is 12.0. The standard InChI is InChI=1S/C37H35N3O5S/c1-4-44-37(41)18-13-28-7-5-8-29(23-28)25-39-21-20-34(38-39)30-9-6-10-31(24-30)45-36-17-16-35-33(27(36)3)19-22-40(35)46(42,43)32-14-11-26(2)12-15-32/h5-12,14-17,19-24H,4,13,18,25H2,1-3H3. The molecular weight excluding hydrogens is 598 g/mol. The van der Waals surface area contributed by atoms with Crippen LogP contribution in [0.15, 0.2) is 114 Å². The molecule has 0 aliphatic carbocycles. The minimum atomic E-state index is -3.74. The Labute approximate surface area is 268 Å². The van der Waals surface area contributed by atoms with Crippen LogP contribution in [0.2, 0.25) is 0 Å². The lowest BCUT2D eigenvalue weighted by Gasteiger charge is -2.12. The summed E-state index contributed by atoms with van der Waals surface area (Å²) in [5.41, 5.74) is 6.34. The number of fused-ring (bicyclic) bond motifs is 1. The van der Waals surface area contributed by atoms with Gasteiger partial charge < -0.3 is 9.47 Å². The first-order valence-corrected chi connectivity index (χ1v) is 16.6. The summed E-state index contributed by atoms with van der Waals surface area (Å²) in [6.45, 7) is 6.66. The maximum atomic E-state index is 13.4. The molecule has 4 aromatic carbocycles. The van der Waals surface area contributed by atoms with Crippen LogP contribution in [0.3, 0.4) is 0 Å². The highest BCUT2D eigenvalue weighted by molar-refractivity contribution is 7.90. The average molecular weight is 634 g/mol. The molecular formula is C37H35N3O5S. The molecule has 46 heavy (non-hydrogen) atoms. The Kier molecular flexibility index (Phi) is 8.76. The van der Waals surface area contributed by atoms with Gasteiger partial charge in [0.1, 0.15) is 11.5 Å². The van der Waals surface area contributed by atoms with Crippen LogP contribution in [-0.2, 0) is 32.5 Å². The molecule has 2 aromatic heterocycles. The van der Waals surface area contributed by atoms with Gasteiger partial charge in [-0.2, -0.15) is 5.10 Å². The predicted octanol–water partition coefficient (Wildman–Crippen LogP) is 7.69. The van der Waals surface area contributed by atoms with Gasteiger partial charge in [-0.05, 0) is 86.8 Å². The normalized spacial score (nSPS) is 11.5. The average Bonchev–Trinajstić information content (AvgIpc) is 3.71. The van der Waals surface area contributed by atoms with Crippen molar-refractivity contribution in [3.8, 4) is 22.8 Å². The van der Waals surface area contributed by atoms with Crippen molar-refractivity contribution >= 4 is 26.9 Å². The van der Waals surface area contributed by atoms with E-state index in [0.717, 1.165) is 38.9 Å². The molecule has 0 aliphatic rings. The minimum absolute atomic E-state index is 0.185. The number of aromatic nitrogens is 3. The van der Waals surface area contributed by atoms with Gasteiger partial charge in [0.05, 0.1) is 29.3 Å². The zero-order chi connectivity index (χ0) is 32.3. The van der Waals surface area contributed by atoms with Crippen LogP contribution >= 0.6 is 0 Å². The van der Waals surface area contributed by atoms with Crippen molar-refractivity contribution in [2.75, 3.05) is 6.61 Å². The first kappa shape index (κ1) is 30.9. The lowest BCUT2D eigenvalue weighted by atomic mass is 10.1. The Bertz CT molecular complexity index is 2130. The van der Waals surface area contributed by atoms with Gasteiger partial charge >= 0.3 is 5.97 Å². The van der Waals surface area contributed by atoms with Crippen molar-refractivity contribution in [1.82, 2.24) is 13.8 Å². The van der Waals surface area contributed by atoms with Crippen LogP contribution in [-0.4, -0.2) is 34.7 Å². The molecule has 0 atom stereocenters. The van der Waals surface area contributed by atoms with Gasteiger partial charge in [-0.15, -0.1) is 0 Å². The van der Waals surface area contributed by atoms with Crippen LogP contribution < -0.4 is 4.74 Å². The van der Waals surface area contributed by atoms with E-state index in [1.54, 1.807) is 42.6 Å². The summed E-state index contributed by atoms with van der Waals surface area (Å²) in [5.74, 6) is 1.11. The van der Waals surface area contributed by atoms with Gasteiger partial charge in [0.2, 0.25) is 0 Å². The molecule has 0 bridgehead atoms. The van der Waals surface area contributed by atoms with Crippen LogP contribution in [0.1, 0.15) is 35.6 Å². The van der Waals surface area contributed by atoms with Crippen molar-refractivity contribution in [3.63, 3.8) is 0 Å². The summed E-state index contributed by atoms with van der Waals surface area (Å²) in [6, 6.07) is 30.1. The number of benzene rings is 4. The van der Waals surface area contributed by atoms with Crippen molar-refractivity contribution in [2.45, 2.75) is 45.1 Å². The van der Waals surface area contributed by atoms with Crippen molar-refractivity contribution in [1.29, 1.82) is 0 Å². The zero-order valence-corrected chi connectivity index (χ0v) is 26.8. The molecule has 0 aliphatic heterocycles. The van der Waals surface area contributed by atoms with E-state index in [1.165, 1.54) is 3.97 Å². The molecule has 2 heterocycles. The van der Waals surface area contributed by atoms with E-state index in [0.29, 0.717) is 43.0 Å².